The smallest absolute Gasteiger partial charge is 0.205 e. The number of aliphatic hydroxyl groups is 1. The highest BCUT2D eigenvalue weighted by Gasteiger charge is 2.34. The summed E-state index contributed by atoms with van der Waals surface area (Å²) in [5.74, 6) is 0.824. The van der Waals surface area contributed by atoms with E-state index in [1.54, 1.807) is 7.11 Å². The highest BCUT2D eigenvalue weighted by atomic mass is 35.5. The van der Waals surface area contributed by atoms with Crippen LogP contribution < -0.4 is 4.90 Å². The Bertz CT molecular complexity index is 639. The maximum Gasteiger partial charge on any atom is 0.205 e. The molecular weight excluding hydrogens is 334 g/mol. The summed E-state index contributed by atoms with van der Waals surface area (Å²) in [4.78, 5) is 6.75. The molecule has 2 aromatic rings. The van der Waals surface area contributed by atoms with E-state index in [4.69, 9.17) is 16.3 Å². The Kier molecular flexibility index (Phi) is 5.16. The molecule has 23 heavy (non-hydrogen) atoms. The lowest BCUT2D eigenvalue weighted by molar-refractivity contribution is 0.0118. The van der Waals surface area contributed by atoms with Crippen LogP contribution in [-0.2, 0) is 16.8 Å². The summed E-state index contributed by atoms with van der Waals surface area (Å²) in [6.45, 7) is 2.16. The maximum absolute atomic E-state index is 10.9. The van der Waals surface area contributed by atoms with Crippen LogP contribution >= 0.6 is 23.1 Å². The Morgan fingerprint density at radius 1 is 1.30 bits per heavy atom. The van der Waals surface area contributed by atoms with E-state index in [2.05, 4.69) is 14.3 Å². The molecule has 124 valence electrons. The molecule has 1 N–H and O–H groups in total. The van der Waals surface area contributed by atoms with Gasteiger partial charge in [0, 0.05) is 43.2 Å². The monoisotopic (exact) mass is 353 g/mol. The van der Waals surface area contributed by atoms with Crippen LogP contribution in [0, 0.1) is 0 Å². The van der Waals surface area contributed by atoms with Gasteiger partial charge in [0.2, 0.25) is 5.13 Å². The summed E-state index contributed by atoms with van der Waals surface area (Å²) in [7, 11) is 1.68. The van der Waals surface area contributed by atoms with Crippen molar-refractivity contribution in [2.24, 2.45) is 0 Å². The van der Waals surface area contributed by atoms with Crippen LogP contribution in [0.1, 0.15) is 24.2 Å². The second kappa shape index (κ2) is 7.13. The van der Waals surface area contributed by atoms with Gasteiger partial charge in [-0.3, -0.25) is 0 Å². The number of rotatable bonds is 5. The molecule has 0 bridgehead atoms. The van der Waals surface area contributed by atoms with E-state index in [1.165, 1.54) is 11.5 Å². The molecule has 0 radical (unpaired) electrons. The second-order valence-corrected chi connectivity index (χ2v) is 6.93. The number of methoxy groups -OCH3 is 1. The number of hydrogen-bond donors (Lipinski definition) is 1. The third kappa shape index (κ3) is 3.83. The zero-order valence-electron chi connectivity index (χ0n) is 13.0. The van der Waals surface area contributed by atoms with Gasteiger partial charge in [0.1, 0.15) is 5.82 Å². The molecule has 1 saturated heterocycles. The van der Waals surface area contributed by atoms with E-state index in [9.17, 15) is 5.11 Å². The van der Waals surface area contributed by atoms with Gasteiger partial charge in [0.05, 0.1) is 12.2 Å². The van der Waals surface area contributed by atoms with Gasteiger partial charge in [-0.25, -0.2) is 4.98 Å². The molecule has 0 aliphatic carbocycles. The van der Waals surface area contributed by atoms with Crippen LogP contribution in [0.25, 0.3) is 0 Å². The topological polar surface area (TPSA) is 58.5 Å². The maximum atomic E-state index is 10.9. The van der Waals surface area contributed by atoms with Gasteiger partial charge in [-0.1, -0.05) is 23.7 Å². The first-order valence-electron chi connectivity index (χ1n) is 7.66. The standard InChI is InChI=1S/C16H20ClN3O2S/c1-22-11-6-14-18-15(23-19-14)20-9-7-16(21,8-10-20)12-2-4-13(17)5-3-12/h2-5,21H,6-11H2,1H3. The molecule has 1 aliphatic rings. The van der Waals surface area contributed by atoms with Crippen LogP contribution in [0.5, 0.6) is 0 Å². The summed E-state index contributed by atoms with van der Waals surface area (Å²) in [5.41, 5.74) is 0.143. The van der Waals surface area contributed by atoms with E-state index in [0.717, 1.165) is 36.0 Å². The Balaban J connectivity index is 1.63. The molecule has 0 atom stereocenters. The normalized spacial score (nSPS) is 17.4. The Morgan fingerprint density at radius 2 is 2.00 bits per heavy atom. The number of nitrogens with zero attached hydrogens (tertiary/aromatic N) is 3. The van der Waals surface area contributed by atoms with Gasteiger partial charge >= 0.3 is 0 Å². The fraction of sp³-hybridized carbons (Fsp3) is 0.500. The van der Waals surface area contributed by atoms with E-state index < -0.39 is 5.60 Å². The molecular formula is C16H20ClN3O2S. The minimum atomic E-state index is -0.787. The van der Waals surface area contributed by atoms with Crippen LogP contribution in [0.4, 0.5) is 5.13 Å². The fourth-order valence-corrected chi connectivity index (χ4v) is 3.67. The molecule has 7 heteroatoms. The van der Waals surface area contributed by atoms with Crippen LogP contribution in [-0.4, -0.2) is 41.3 Å². The van der Waals surface area contributed by atoms with Crippen LogP contribution in [0.3, 0.4) is 0 Å². The highest BCUT2D eigenvalue weighted by Crippen LogP contribution is 2.35. The van der Waals surface area contributed by atoms with Crippen molar-refractivity contribution in [1.82, 2.24) is 9.36 Å². The van der Waals surface area contributed by atoms with Gasteiger partial charge in [-0.05, 0) is 30.5 Å². The number of benzene rings is 1. The lowest BCUT2D eigenvalue weighted by atomic mass is 9.84. The molecule has 1 aliphatic heterocycles. The van der Waals surface area contributed by atoms with Crippen molar-refractivity contribution in [2.45, 2.75) is 24.9 Å². The zero-order chi connectivity index (χ0) is 16.3. The van der Waals surface area contributed by atoms with Gasteiger partial charge < -0.3 is 14.7 Å². The first kappa shape index (κ1) is 16.6. The molecule has 0 spiro atoms. The molecule has 1 aromatic heterocycles. The lowest BCUT2D eigenvalue weighted by Gasteiger charge is -2.38. The van der Waals surface area contributed by atoms with Crippen molar-refractivity contribution in [3.8, 4) is 0 Å². The van der Waals surface area contributed by atoms with Gasteiger partial charge in [0.15, 0.2) is 0 Å². The second-order valence-electron chi connectivity index (χ2n) is 5.76. The SMILES string of the molecule is COCCc1nsc(N2CCC(O)(c3ccc(Cl)cc3)CC2)n1. The van der Waals surface area contributed by atoms with Crippen molar-refractivity contribution in [2.75, 3.05) is 31.7 Å². The third-order valence-corrected chi connectivity index (χ3v) is 5.30. The summed E-state index contributed by atoms with van der Waals surface area (Å²) in [6, 6.07) is 7.47. The number of ether oxygens (including phenoxy) is 1. The average molecular weight is 354 g/mol. The predicted molar refractivity (Wildman–Crippen MR) is 92.3 cm³/mol. The third-order valence-electron chi connectivity index (χ3n) is 4.23. The van der Waals surface area contributed by atoms with Gasteiger partial charge in [0.25, 0.3) is 0 Å². The minimum Gasteiger partial charge on any atom is -0.385 e. The lowest BCUT2D eigenvalue weighted by Crippen LogP contribution is -2.42. The largest absolute Gasteiger partial charge is 0.385 e. The van der Waals surface area contributed by atoms with Crippen molar-refractivity contribution < 1.29 is 9.84 Å². The molecule has 3 rings (SSSR count). The summed E-state index contributed by atoms with van der Waals surface area (Å²) < 4.78 is 9.42. The van der Waals surface area contributed by atoms with Crippen molar-refractivity contribution in [3.05, 3.63) is 40.7 Å². The highest BCUT2D eigenvalue weighted by molar-refractivity contribution is 7.09. The van der Waals surface area contributed by atoms with Crippen molar-refractivity contribution in [1.29, 1.82) is 0 Å². The molecule has 0 amide bonds. The Labute approximate surface area is 145 Å². The molecule has 5 nitrogen and oxygen atoms in total. The summed E-state index contributed by atoms with van der Waals surface area (Å²) in [5, 5.41) is 12.5. The van der Waals surface area contributed by atoms with Crippen molar-refractivity contribution in [3.63, 3.8) is 0 Å². The number of aromatic nitrogens is 2. The van der Waals surface area contributed by atoms with E-state index in [1.807, 2.05) is 24.3 Å². The van der Waals surface area contributed by atoms with E-state index in [-0.39, 0.29) is 0 Å². The summed E-state index contributed by atoms with van der Waals surface area (Å²) >= 11 is 7.34. The fourth-order valence-electron chi connectivity index (χ4n) is 2.78. The number of piperidine rings is 1. The zero-order valence-corrected chi connectivity index (χ0v) is 14.6. The quantitative estimate of drug-likeness (QED) is 0.895. The van der Waals surface area contributed by atoms with Gasteiger partial charge in [-0.2, -0.15) is 4.37 Å². The molecule has 2 heterocycles. The minimum absolute atomic E-state index is 0.631. The number of halogens is 1. The van der Waals surface area contributed by atoms with Crippen LogP contribution in [0.2, 0.25) is 5.02 Å². The first-order valence-corrected chi connectivity index (χ1v) is 8.81. The predicted octanol–water partition coefficient (Wildman–Crippen LogP) is 2.87. The van der Waals surface area contributed by atoms with E-state index in [0.29, 0.717) is 24.5 Å². The molecule has 0 unspecified atom stereocenters. The molecule has 1 aromatic carbocycles. The summed E-state index contributed by atoms with van der Waals surface area (Å²) in [6.07, 6.45) is 2.07. The number of hydrogen-bond acceptors (Lipinski definition) is 6. The Morgan fingerprint density at radius 3 is 2.65 bits per heavy atom. The molecule has 1 fully saturated rings. The van der Waals surface area contributed by atoms with E-state index >= 15 is 0 Å². The van der Waals surface area contributed by atoms with Crippen molar-refractivity contribution >= 4 is 28.3 Å². The Hall–Kier alpha value is -1.21. The molecule has 0 saturated carbocycles. The van der Waals surface area contributed by atoms with Gasteiger partial charge in [-0.15, -0.1) is 0 Å². The average Bonchev–Trinajstić information content (AvgIpc) is 3.03. The van der Waals surface area contributed by atoms with Crippen LogP contribution in [0.15, 0.2) is 24.3 Å². The number of anilines is 1. The first-order chi connectivity index (χ1) is 11.1.